The first-order valence-corrected chi connectivity index (χ1v) is 8.68. The number of carboxylic acid groups (broad SMARTS) is 1. The fourth-order valence-corrected chi connectivity index (χ4v) is 4.35. The van der Waals surface area contributed by atoms with E-state index >= 15 is 0 Å². The lowest BCUT2D eigenvalue weighted by Crippen LogP contribution is -2.44. The van der Waals surface area contributed by atoms with Crippen molar-refractivity contribution in [2.75, 3.05) is 19.6 Å². The Morgan fingerprint density at radius 2 is 2.00 bits per heavy atom. The minimum absolute atomic E-state index is 0.0392. The summed E-state index contributed by atoms with van der Waals surface area (Å²) in [4.78, 5) is 38.8. The van der Waals surface area contributed by atoms with Crippen molar-refractivity contribution >= 4 is 29.1 Å². The zero-order chi connectivity index (χ0) is 16.6. The summed E-state index contributed by atoms with van der Waals surface area (Å²) in [5, 5.41) is 13.1. The average molecular weight is 336 g/mol. The minimum atomic E-state index is -0.936. The van der Waals surface area contributed by atoms with Crippen LogP contribution in [0.25, 0.3) is 0 Å². The lowest BCUT2D eigenvalue weighted by atomic mass is 9.76. The molecule has 6 nitrogen and oxygen atoms in total. The van der Waals surface area contributed by atoms with Crippen LogP contribution in [0.1, 0.15) is 36.5 Å². The fraction of sp³-hybridized carbons (Fsp3) is 0.562. The third-order valence-electron chi connectivity index (χ3n) is 5.08. The number of carbonyl (C=O) groups excluding carboxylic acids is 2. The summed E-state index contributed by atoms with van der Waals surface area (Å²) in [5.74, 6) is -1.09. The summed E-state index contributed by atoms with van der Waals surface area (Å²) in [6.07, 6.45) is 1.98. The van der Waals surface area contributed by atoms with E-state index in [1.54, 1.807) is 0 Å². The van der Waals surface area contributed by atoms with Crippen LogP contribution in [-0.2, 0) is 9.59 Å². The van der Waals surface area contributed by atoms with E-state index in [2.05, 4.69) is 0 Å². The number of thiophene rings is 1. The van der Waals surface area contributed by atoms with Gasteiger partial charge < -0.3 is 14.9 Å². The molecule has 1 aromatic rings. The fourth-order valence-electron chi connectivity index (χ4n) is 3.72. The third kappa shape index (κ3) is 2.97. The molecular formula is C16H20N2O4S. The van der Waals surface area contributed by atoms with Crippen molar-refractivity contribution < 1.29 is 19.5 Å². The van der Waals surface area contributed by atoms with Crippen LogP contribution in [0, 0.1) is 5.41 Å². The van der Waals surface area contributed by atoms with E-state index in [0.717, 1.165) is 12.8 Å². The number of aliphatic carboxylic acids is 1. The SMILES string of the molecule is CC(=O)N1CC2(CCN(C(=O)c3ccsc3)CC2)C[C@@H]1C(=O)O. The number of piperidine rings is 1. The topological polar surface area (TPSA) is 77.9 Å². The van der Waals surface area contributed by atoms with E-state index in [1.807, 2.05) is 21.7 Å². The second-order valence-electron chi connectivity index (χ2n) is 6.51. The van der Waals surface area contributed by atoms with Gasteiger partial charge in [0.1, 0.15) is 6.04 Å². The van der Waals surface area contributed by atoms with Gasteiger partial charge in [0, 0.05) is 31.9 Å². The molecule has 0 radical (unpaired) electrons. The van der Waals surface area contributed by atoms with Crippen molar-refractivity contribution in [2.45, 2.75) is 32.2 Å². The number of carboxylic acids is 1. The second kappa shape index (κ2) is 5.96. The van der Waals surface area contributed by atoms with E-state index in [1.165, 1.54) is 23.2 Å². The summed E-state index contributed by atoms with van der Waals surface area (Å²) in [6, 6.07) is 1.09. The molecule has 7 heteroatoms. The first-order chi connectivity index (χ1) is 10.9. The van der Waals surface area contributed by atoms with Crippen LogP contribution in [0.5, 0.6) is 0 Å². The van der Waals surface area contributed by atoms with Crippen molar-refractivity contribution in [1.29, 1.82) is 0 Å². The molecule has 0 aromatic carbocycles. The van der Waals surface area contributed by atoms with Gasteiger partial charge in [-0.05, 0) is 36.1 Å². The number of likely N-dealkylation sites (tertiary alicyclic amines) is 2. The molecule has 2 aliphatic rings. The molecule has 2 fully saturated rings. The highest BCUT2D eigenvalue weighted by atomic mass is 32.1. The molecule has 0 saturated carbocycles. The van der Waals surface area contributed by atoms with Gasteiger partial charge in [0.2, 0.25) is 5.91 Å². The summed E-state index contributed by atoms with van der Waals surface area (Å²) >= 11 is 1.50. The zero-order valence-electron chi connectivity index (χ0n) is 13.0. The van der Waals surface area contributed by atoms with Crippen molar-refractivity contribution in [3.8, 4) is 0 Å². The molecule has 2 aliphatic heterocycles. The van der Waals surface area contributed by atoms with Gasteiger partial charge in [0.15, 0.2) is 0 Å². The minimum Gasteiger partial charge on any atom is -0.480 e. The molecule has 3 heterocycles. The van der Waals surface area contributed by atoms with E-state index in [0.29, 0.717) is 31.6 Å². The predicted molar refractivity (Wildman–Crippen MR) is 85.3 cm³/mol. The standard InChI is InChI=1S/C16H20N2O4S/c1-11(19)18-10-16(8-13(18)15(21)22)3-5-17(6-4-16)14(20)12-2-7-23-9-12/h2,7,9,13H,3-6,8,10H2,1H3,(H,21,22)/t13-/m1/s1. The molecule has 1 N–H and O–H groups in total. The molecule has 1 spiro atoms. The third-order valence-corrected chi connectivity index (χ3v) is 5.76. The van der Waals surface area contributed by atoms with E-state index in [-0.39, 0.29) is 17.2 Å². The van der Waals surface area contributed by atoms with Crippen LogP contribution in [0.4, 0.5) is 0 Å². The Labute approximate surface area is 138 Å². The normalized spacial score (nSPS) is 23.3. The molecular weight excluding hydrogens is 316 g/mol. The van der Waals surface area contributed by atoms with Crippen LogP contribution < -0.4 is 0 Å². The van der Waals surface area contributed by atoms with Gasteiger partial charge in [-0.25, -0.2) is 4.79 Å². The highest BCUT2D eigenvalue weighted by molar-refractivity contribution is 7.08. The smallest absolute Gasteiger partial charge is 0.326 e. The molecule has 0 bridgehead atoms. The van der Waals surface area contributed by atoms with E-state index in [9.17, 15) is 19.5 Å². The Kier molecular flexibility index (Phi) is 4.14. The summed E-state index contributed by atoms with van der Waals surface area (Å²) < 4.78 is 0. The van der Waals surface area contributed by atoms with Gasteiger partial charge in [0.05, 0.1) is 5.56 Å². The predicted octanol–water partition coefficient (Wildman–Crippen LogP) is 1.68. The number of nitrogens with zero attached hydrogens (tertiary/aromatic N) is 2. The maximum Gasteiger partial charge on any atom is 0.326 e. The van der Waals surface area contributed by atoms with Gasteiger partial charge >= 0.3 is 5.97 Å². The molecule has 2 amide bonds. The summed E-state index contributed by atoms with van der Waals surface area (Å²) in [7, 11) is 0. The van der Waals surface area contributed by atoms with E-state index in [4.69, 9.17) is 0 Å². The van der Waals surface area contributed by atoms with Crippen molar-refractivity contribution in [3.05, 3.63) is 22.4 Å². The Balaban J connectivity index is 1.67. The molecule has 1 atom stereocenters. The Morgan fingerprint density at radius 3 is 2.48 bits per heavy atom. The van der Waals surface area contributed by atoms with E-state index < -0.39 is 12.0 Å². The van der Waals surface area contributed by atoms with Gasteiger partial charge in [-0.2, -0.15) is 11.3 Å². The number of carbonyl (C=O) groups is 3. The quantitative estimate of drug-likeness (QED) is 0.891. The maximum absolute atomic E-state index is 12.4. The van der Waals surface area contributed by atoms with Crippen LogP contribution >= 0.6 is 11.3 Å². The van der Waals surface area contributed by atoms with Crippen molar-refractivity contribution in [3.63, 3.8) is 0 Å². The monoisotopic (exact) mass is 336 g/mol. The molecule has 2 saturated heterocycles. The Morgan fingerprint density at radius 1 is 1.30 bits per heavy atom. The van der Waals surface area contributed by atoms with Gasteiger partial charge in [-0.3, -0.25) is 9.59 Å². The lowest BCUT2D eigenvalue weighted by Gasteiger charge is -2.39. The first kappa shape index (κ1) is 16.0. The molecule has 3 rings (SSSR count). The Hall–Kier alpha value is -1.89. The van der Waals surface area contributed by atoms with Gasteiger partial charge in [0.25, 0.3) is 5.91 Å². The van der Waals surface area contributed by atoms with Gasteiger partial charge in [-0.15, -0.1) is 0 Å². The molecule has 0 unspecified atom stereocenters. The van der Waals surface area contributed by atoms with Crippen molar-refractivity contribution in [1.82, 2.24) is 9.80 Å². The maximum atomic E-state index is 12.4. The average Bonchev–Trinajstić information content (AvgIpc) is 3.15. The first-order valence-electron chi connectivity index (χ1n) is 7.73. The largest absolute Gasteiger partial charge is 0.480 e. The number of amides is 2. The number of rotatable bonds is 2. The lowest BCUT2D eigenvalue weighted by molar-refractivity contribution is -0.147. The van der Waals surface area contributed by atoms with Crippen LogP contribution in [0.3, 0.4) is 0 Å². The van der Waals surface area contributed by atoms with Gasteiger partial charge in [-0.1, -0.05) is 0 Å². The highest BCUT2D eigenvalue weighted by Crippen LogP contribution is 2.43. The highest BCUT2D eigenvalue weighted by Gasteiger charge is 2.49. The zero-order valence-corrected chi connectivity index (χ0v) is 13.8. The second-order valence-corrected chi connectivity index (χ2v) is 7.29. The number of hydrogen-bond acceptors (Lipinski definition) is 4. The Bertz CT molecular complexity index is 596. The van der Waals surface area contributed by atoms with Crippen molar-refractivity contribution in [2.24, 2.45) is 5.41 Å². The number of hydrogen-bond donors (Lipinski definition) is 1. The molecule has 1 aromatic heterocycles. The van der Waals surface area contributed by atoms with Crippen LogP contribution in [-0.4, -0.2) is 58.4 Å². The summed E-state index contributed by atoms with van der Waals surface area (Å²) in [5.41, 5.74) is 0.548. The summed E-state index contributed by atoms with van der Waals surface area (Å²) in [6.45, 7) is 3.14. The van der Waals surface area contributed by atoms with Crippen LogP contribution in [0.2, 0.25) is 0 Å². The molecule has 23 heavy (non-hydrogen) atoms. The molecule has 0 aliphatic carbocycles. The van der Waals surface area contributed by atoms with Crippen LogP contribution in [0.15, 0.2) is 16.8 Å². The molecule has 124 valence electrons.